The van der Waals surface area contributed by atoms with Crippen molar-refractivity contribution in [3.63, 3.8) is 0 Å². The zero-order chi connectivity index (χ0) is 20.1. The lowest BCUT2D eigenvalue weighted by Crippen LogP contribution is -2.30. The molecular weight excluding hydrogens is 414 g/mol. The van der Waals surface area contributed by atoms with Gasteiger partial charge in [0.2, 0.25) is 0 Å². The lowest BCUT2D eigenvalue weighted by Gasteiger charge is -2.20. The number of hydrogen-bond acceptors (Lipinski definition) is 6. The van der Waals surface area contributed by atoms with Crippen LogP contribution in [0.4, 0.5) is 5.69 Å². The van der Waals surface area contributed by atoms with Gasteiger partial charge in [-0.3, -0.25) is 4.79 Å². The summed E-state index contributed by atoms with van der Waals surface area (Å²) in [6.07, 6.45) is 3.00. The molecule has 1 aliphatic heterocycles. The Kier molecular flexibility index (Phi) is 6.79. The molecule has 0 bridgehead atoms. The number of aliphatic imine (C=N–C) groups is 1. The predicted molar refractivity (Wildman–Crippen MR) is 117 cm³/mol. The number of anilines is 1. The van der Waals surface area contributed by atoms with Crippen LogP contribution in [0, 0.1) is 18.3 Å². The Morgan fingerprint density at radius 3 is 2.93 bits per heavy atom. The van der Waals surface area contributed by atoms with E-state index in [-0.39, 0.29) is 5.91 Å². The number of thiophene rings is 1. The van der Waals surface area contributed by atoms with E-state index in [1.807, 2.05) is 24.4 Å². The molecule has 0 aliphatic carbocycles. The van der Waals surface area contributed by atoms with Crippen molar-refractivity contribution in [2.24, 2.45) is 4.99 Å². The van der Waals surface area contributed by atoms with E-state index in [0.717, 1.165) is 16.9 Å². The van der Waals surface area contributed by atoms with E-state index in [1.165, 1.54) is 16.7 Å². The van der Waals surface area contributed by atoms with Crippen LogP contribution in [0.15, 0.2) is 40.3 Å². The molecule has 0 spiro atoms. The summed E-state index contributed by atoms with van der Waals surface area (Å²) in [5, 5.41) is 11.8. The van der Waals surface area contributed by atoms with Crippen LogP contribution < -0.4 is 9.64 Å². The summed E-state index contributed by atoms with van der Waals surface area (Å²) in [7, 11) is 1.55. The number of benzene rings is 1. The molecule has 5 nitrogen and oxygen atoms in total. The molecule has 0 unspecified atom stereocenters. The summed E-state index contributed by atoms with van der Waals surface area (Å²) in [6, 6.07) is 9.29. The molecule has 1 aliphatic rings. The summed E-state index contributed by atoms with van der Waals surface area (Å²) >= 11 is 9.19. The largest absolute Gasteiger partial charge is 0.495 e. The molecule has 28 heavy (non-hydrogen) atoms. The average molecular weight is 432 g/mol. The van der Waals surface area contributed by atoms with Gasteiger partial charge in [-0.15, -0.1) is 11.3 Å². The number of carbonyl (C=O) groups excluding carboxylic acids is 1. The summed E-state index contributed by atoms with van der Waals surface area (Å²) in [6.45, 7) is 2.00. The van der Waals surface area contributed by atoms with Crippen molar-refractivity contribution in [3.8, 4) is 11.8 Å². The van der Waals surface area contributed by atoms with Crippen molar-refractivity contribution in [1.29, 1.82) is 5.26 Å². The standard InChI is InChI=1S/C20H18ClN3O2S2/c1-13-7-10-27-18(13)12-15-19(25)24(20(23-15)28-9-4-3-8-22)16-11-14(21)5-6-17(16)26-2/h5-7,10-12H,3-4,9H2,1-2H3/b15-12-. The third kappa shape index (κ3) is 4.41. The van der Waals surface area contributed by atoms with Crippen LogP contribution in [-0.2, 0) is 4.79 Å². The van der Waals surface area contributed by atoms with Gasteiger partial charge in [0.15, 0.2) is 5.17 Å². The first-order valence-electron chi connectivity index (χ1n) is 8.57. The van der Waals surface area contributed by atoms with Gasteiger partial charge in [0.05, 0.1) is 18.9 Å². The van der Waals surface area contributed by atoms with Crippen LogP contribution in [0.5, 0.6) is 5.75 Å². The highest BCUT2D eigenvalue weighted by molar-refractivity contribution is 8.14. The maximum Gasteiger partial charge on any atom is 0.283 e. The van der Waals surface area contributed by atoms with Crippen molar-refractivity contribution < 1.29 is 9.53 Å². The van der Waals surface area contributed by atoms with E-state index in [9.17, 15) is 4.79 Å². The summed E-state index contributed by atoms with van der Waals surface area (Å²) in [5.41, 5.74) is 2.02. The van der Waals surface area contributed by atoms with Gasteiger partial charge < -0.3 is 4.74 Å². The van der Waals surface area contributed by atoms with Crippen LogP contribution >= 0.6 is 34.7 Å². The number of rotatable bonds is 6. The molecule has 8 heteroatoms. The number of unbranched alkanes of at least 4 members (excludes halogenated alkanes) is 1. The molecule has 1 aromatic heterocycles. The molecular formula is C20H18ClN3O2S2. The minimum absolute atomic E-state index is 0.226. The van der Waals surface area contributed by atoms with E-state index in [2.05, 4.69) is 11.1 Å². The zero-order valence-electron chi connectivity index (χ0n) is 15.4. The molecule has 2 heterocycles. The number of aryl methyl sites for hydroxylation is 1. The molecule has 0 saturated heterocycles. The second kappa shape index (κ2) is 9.28. The fourth-order valence-corrected chi connectivity index (χ4v) is 4.58. The van der Waals surface area contributed by atoms with Gasteiger partial charge >= 0.3 is 0 Å². The van der Waals surface area contributed by atoms with E-state index >= 15 is 0 Å². The van der Waals surface area contributed by atoms with Gasteiger partial charge in [-0.05, 0) is 54.6 Å². The number of nitrogens with zero attached hydrogens (tertiary/aromatic N) is 3. The molecule has 3 rings (SSSR count). The highest BCUT2D eigenvalue weighted by atomic mass is 35.5. The molecule has 1 amide bonds. The number of thioether (sulfide) groups is 1. The van der Waals surface area contributed by atoms with Crippen LogP contribution in [0.25, 0.3) is 6.08 Å². The fourth-order valence-electron chi connectivity index (χ4n) is 2.61. The number of ether oxygens (including phenoxy) is 1. The predicted octanol–water partition coefficient (Wildman–Crippen LogP) is 5.50. The molecule has 144 valence electrons. The third-order valence-electron chi connectivity index (χ3n) is 4.04. The van der Waals surface area contributed by atoms with E-state index in [0.29, 0.717) is 39.5 Å². The molecule has 1 aromatic carbocycles. The Hall–Kier alpha value is -2.27. The molecule has 2 aromatic rings. The number of hydrogen-bond donors (Lipinski definition) is 0. The topological polar surface area (TPSA) is 65.7 Å². The van der Waals surface area contributed by atoms with Crippen molar-refractivity contribution in [2.75, 3.05) is 17.8 Å². The fraction of sp³-hybridized carbons (Fsp3) is 0.250. The van der Waals surface area contributed by atoms with Crippen molar-refractivity contribution in [1.82, 2.24) is 0 Å². The van der Waals surface area contributed by atoms with Crippen LogP contribution in [0.1, 0.15) is 23.3 Å². The van der Waals surface area contributed by atoms with E-state index in [1.54, 1.807) is 36.6 Å². The van der Waals surface area contributed by atoms with Gasteiger partial charge in [0.1, 0.15) is 11.4 Å². The van der Waals surface area contributed by atoms with Gasteiger partial charge in [-0.2, -0.15) is 5.26 Å². The minimum Gasteiger partial charge on any atom is -0.495 e. The number of nitriles is 1. The average Bonchev–Trinajstić information content (AvgIpc) is 3.22. The maximum absolute atomic E-state index is 13.2. The van der Waals surface area contributed by atoms with Crippen molar-refractivity contribution in [3.05, 3.63) is 50.8 Å². The molecule has 0 saturated carbocycles. The normalized spacial score (nSPS) is 15.1. The first-order chi connectivity index (χ1) is 13.5. The van der Waals surface area contributed by atoms with Gasteiger partial charge in [0.25, 0.3) is 5.91 Å². The summed E-state index contributed by atoms with van der Waals surface area (Å²) < 4.78 is 5.44. The molecule has 0 atom stereocenters. The Labute approximate surface area is 177 Å². The number of amides is 1. The van der Waals surface area contributed by atoms with Crippen molar-refractivity contribution >= 4 is 57.5 Å². The van der Waals surface area contributed by atoms with Crippen molar-refractivity contribution in [2.45, 2.75) is 19.8 Å². The first-order valence-corrected chi connectivity index (χ1v) is 10.8. The molecule has 0 radical (unpaired) electrons. The second-order valence-electron chi connectivity index (χ2n) is 5.96. The summed E-state index contributed by atoms with van der Waals surface area (Å²) in [5.74, 6) is 0.998. The quantitative estimate of drug-likeness (QED) is 0.447. The summed E-state index contributed by atoms with van der Waals surface area (Å²) in [4.78, 5) is 20.3. The Balaban J connectivity index is 1.99. The minimum atomic E-state index is -0.226. The van der Waals surface area contributed by atoms with Gasteiger partial charge in [0, 0.05) is 22.1 Å². The number of carbonyl (C=O) groups is 1. The second-order valence-corrected chi connectivity index (χ2v) is 8.40. The number of amidine groups is 1. The first kappa shape index (κ1) is 20.5. The monoisotopic (exact) mass is 431 g/mol. The molecule has 0 fully saturated rings. The maximum atomic E-state index is 13.2. The van der Waals surface area contributed by atoms with Crippen LogP contribution in [0.2, 0.25) is 5.02 Å². The number of halogens is 1. The highest BCUT2D eigenvalue weighted by Crippen LogP contribution is 2.37. The highest BCUT2D eigenvalue weighted by Gasteiger charge is 2.34. The van der Waals surface area contributed by atoms with E-state index < -0.39 is 0 Å². The van der Waals surface area contributed by atoms with E-state index in [4.69, 9.17) is 21.6 Å². The third-order valence-corrected chi connectivity index (χ3v) is 6.27. The Morgan fingerprint density at radius 1 is 1.43 bits per heavy atom. The van der Waals surface area contributed by atoms with Crippen LogP contribution in [0.3, 0.4) is 0 Å². The SMILES string of the molecule is COc1ccc(Cl)cc1N1C(=O)/C(=C/c2sccc2C)N=C1SCCCC#N. The number of methoxy groups -OCH3 is 1. The Morgan fingerprint density at radius 2 is 2.25 bits per heavy atom. The molecule has 0 N–H and O–H groups in total. The zero-order valence-corrected chi connectivity index (χ0v) is 17.8. The lowest BCUT2D eigenvalue weighted by molar-refractivity contribution is -0.113. The smallest absolute Gasteiger partial charge is 0.283 e. The van der Waals surface area contributed by atoms with Gasteiger partial charge in [-0.25, -0.2) is 9.89 Å². The van der Waals surface area contributed by atoms with Crippen LogP contribution in [-0.4, -0.2) is 23.9 Å². The Bertz CT molecular complexity index is 992. The lowest BCUT2D eigenvalue weighted by atomic mass is 10.2. The van der Waals surface area contributed by atoms with Gasteiger partial charge in [-0.1, -0.05) is 23.4 Å².